The Labute approximate surface area is 173 Å². The molecule has 152 valence electrons. The van der Waals surface area contributed by atoms with Crippen molar-refractivity contribution in [1.82, 2.24) is 14.2 Å². The molecule has 0 N–H and O–H groups in total. The zero-order chi connectivity index (χ0) is 20.6. The summed E-state index contributed by atoms with van der Waals surface area (Å²) in [7, 11) is -0.258. The Morgan fingerprint density at radius 1 is 1.21 bits per heavy atom. The molecule has 29 heavy (non-hydrogen) atoms. The lowest BCUT2D eigenvalue weighted by atomic mass is 10.0. The maximum atomic E-state index is 13.1. The van der Waals surface area contributed by atoms with Crippen LogP contribution < -0.4 is 0 Å². The normalized spacial score (nSPS) is 18.1. The van der Waals surface area contributed by atoms with Gasteiger partial charge in [-0.1, -0.05) is 24.3 Å². The fourth-order valence-corrected chi connectivity index (χ4v) is 6.05. The number of rotatable bonds is 4. The van der Waals surface area contributed by atoms with E-state index in [0.717, 1.165) is 10.2 Å². The number of fused-ring (bicyclic) bond motifs is 1. The van der Waals surface area contributed by atoms with Crippen molar-refractivity contribution in [1.29, 1.82) is 0 Å². The molecule has 1 unspecified atom stereocenters. The first-order valence-corrected chi connectivity index (χ1v) is 11.4. The number of carbonyl (C=O) groups excluding carboxylic acids is 1. The minimum Gasteiger partial charge on any atom is -0.371 e. The molecule has 0 aliphatic carbocycles. The molecule has 0 radical (unpaired) electrons. The highest BCUT2D eigenvalue weighted by atomic mass is 32.2. The van der Waals surface area contributed by atoms with Gasteiger partial charge in [-0.25, -0.2) is 13.4 Å². The van der Waals surface area contributed by atoms with E-state index in [4.69, 9.17) is 4.74 Å². The van der Waals surface area contributed by atoms with Crippen molar-refractivity contribution in [2.24, 2.45) is 0 Å². The number of pyridine rings is 1. The highest BCUT2D eigenvalue weighted by Gasteiger charge is 2.35. The van der Waals surface area contributed by atoms with E-state index in [2.05, 4.69) is 4.98 Å². The van der Waals surface area contributed by atoms with E-state index in [-0.39, 0.29) is 30.5 Å². The summed E-state index contributed by atoms with van der Waals surface area (Å²) in [5, 5.41) is 0.826. The van der Waals surface area contributed by atoms with E-state index in [9.17, 15) is 13.2 Å². The quantitative estimate of drug-likeness (QED) is 0.635. The fourth-order valence-electron chi connectivity index (χ4n) is 3.39. The zero-order valence-electron chi connectivity index (χ0n) is 16.1. The molecule has 1 aliphatic rings. The van der Waals surface area contributed by atoms with Crippen LogP contribution in [0.5, 0.6) is 0 Å². The van der Waals surface area contributed by atoms with Crippen LogP contribution in [-0.2, 0) is 14.8 Å². The molecule has 1 atom stereocenters. The van der Waals surface area contributed by atoms with Gasteiger partial charge < -0.3 is 9.64 Å². The van der Waals surface area contributed by atoms with Crippen molar-refractivity contribution in [3.8, 4) is 0 Å². The number of ether oxygens (including phenoxy) is 1. The fraction of sp³-hybridized carbons (Fsp3) is 0.300. The third-order valence-corrected chi connectivity index (χ3v) is 7.83. The number of carbonyl (C=O) groups is 1. The second-order valence-electron chi connectivity index (χ2n) is 6.94. The van der Waals surface area contributed by atoms with Crippen LogP contribution in [0.3, 0.4) is 0 Å². The van der Waals surface area contributed by atoms with Gasteiger partial charge in [0.25, 0.3) is 5.91 Å². The Morgan fingerprint density at radius 3 is 2.69 bits per heavy atom. The number of thiophene rings is 1. The topological polar surface area (TPSA) is 79.8 Å². The average molecular weight is 432 g/mol. The summed E-state index contributed by atoms with van der Waals surface area (Å²) >= 11 is 1.31. The van der Waals surface area contributed by atoms with Crippen LogP contribution in [0, 0.1) is 0 Å². The van der Waals surface area contributed by atoms with Crippen LogP contribution >= 0.6 is 11.3 Å². The maximum absolute atomic E-state index is 13.1. The number of aromatic nitrogens is 1. The summed E-state index contributed by atoms with van der Waals surface area (Å²) in [6.07, 6.45) is 1.14. The molecule has 0 spiro atoms. The summed E-state index contributed by atoms with van der Waals surface area (Å²) in [6, 6.07) is 12.1. The highest BCUT2D eigenvalue weighted by Crippen LogP contribution is 2.38. The van der Waals surface area contributed by atoms with Crippen LogP contribution in [0.15, 0.2) is 53.6 Å². The predicted molar refractivity (Wildman–Crippen MR) is 112 cm³/mol. The van der Waals surface area contributed by atoms with Gasteiger partial charge in [-0.05, 0) is 18.2 Å². The summed E-state index contributed by atoms with van der Waals surface area (Å²) in [4.78, 5) is 20.2. The predicted octanol–water partition coefficient (Wildman–Crippen LogP) is 2.76. The van der Waals surface area contributed by atoms with E-state index < -0.39 is 16.1 Å². The molecular weight excluding hydrogens is 410 g/mol. The molecule has 4 rings (SSSR count). The number of benzene rings is 1. The minimum atomic E-state index is -3.64. The molecule has 0 saturated carbocycles. The summed E-state index contributed by atoms with van der Waals surface area (Å²) in [5.41, 5.74) is 0.713. The van der Waals surface area contributed by atoms with Gasteiger partial charge in [0.05, 0.1) is 17.6 Å². The third-order valence-electron chi connectivity index (χ3n) is 4.84. The molecule has 0 bridgehead atoms. The lowest BCUT2D eigenvalue weighted by Gasteiger charge is -2.32. The minimum absolute atomic E-state index is 0.144. The van der Waals surface area contributed by atoms with Crippen molar-refractivity contribution in [2.45, 2.75) is 11.0 Å². The van der Waals surface area contributed by atoms with Crippen LogP contribution in [0.2, 0.25) is 0 Å². The first-order chi connectivity index (χ1) is 13.9. The maximum Gasteiger partial charge on any atom is 0.263 e. The van der Waals surface area contributed by atoms with Gasteiger partial charge in [-0.3, -0.25) is 4.79 Å². The van der Waals surface area contributed by atoms with Gasteiger partial charge >= 0.3 is 0 Å². The van der Waals surface area contributed by atoms with E-state index in [1.165, 1.54) is 20.5 Å². The largest absolute Gasteiger partial charge is 0.371 e. The molecule has 1 saturated heterocycles. The number of nitrogens with zero attached hydrogens (tertiary/aromatic N) is 3. The first kappa shape index (κ1) is 20.0. The standard InChI is InChI=1S/C20H21N3O4S2/c1-22(2)20(24)18-17(15-9-6-10-21-19(15)28-18)16-13-23(11-12-27-16)29(25,26)14-7-4-3-5-8-14/h3-10,16H,11-13H2,1-2H3. The number of hydrogen-bond donors (Lipinski definition) is 0. The monoisotopic (exact) mass is 431 g/mol. The summed E-state index contributed by atoms with van der Waals surface area (Å²) in [6.45, 7) is 0.667. The molecule has 1 aromatic carbocycles. The zero-order valence-corrected chi connectivity index (χ0v) is 17.7. The lowest BCUT2D eigenvalue weighted by molar-refractivity contribution is -0.00203. The van der Waals surface area contributed by atoms with E-state index in [1.807, 2.05) is 12.1 Å². The molecule has 3 aromatic rings. The Hall–Kier alpha value is -2.33. The average Bonchev–Trinajstić information content (AvgIpc) is 3.13. The Kier molecular flexibility index (Phi) is 5.39. The smallest absolute Gasteiger partial charge is 0.263 e. The van der Waals surface area contributed by atoms with Crippen molar-refractivity contribution in [3.05, 3.63) is 59.1 Å². The van der Waals surface area contributed by atoms with Crippen molar-refractivity contribution >= 4 is 37.5 Å². The number of sulfonamides is 1. The van der Waals surface area contributed by atoms with Crippen LogP contribution in [0.25, 0.3) is 10.2 Å². The SMILES string of the molecule is CN(C)C(=O)c1sc2ncccc2c1C1CN(S(=O)(=O)c2ccccc2)CCO1. The molecule has 3 heterocycles. The van der Waals surface area contributed by atoms with Gasteiger partial charge in [0.1, 0.15) is 9.71 Å². The van der Waals surface area contributed by atoms with Crippen LogP contribution in [0.4, 0.5) is 0 Å². The summed E-state index contributed by atoms with van der Waals surface area (Å²) < 4.78 is 33.6. The van der Waals surface area contributed by atoms with Crippen LogP contribution in [0.1, 0.15) is 21.3 Å². The number of hydrogen-bond acceptors (Lipinski definition) is 6. The second-order valence-corrected chi connectivity index (χ2v) is 9.87. The van der Waals surface area contributed by atoms with Gasteiger partial charge in [0.2, 0.25) is 10.0 Å². The number of amides is 1. The van der Waals surface area contributed by atoms with Gasteiger partial charge in [-0.2, -0.15) is 4.31 Å². The van der Waals surface area contributed by atoms with Gasteiger partial charge in [0.15, 0.2) is 0 Å². The molecule has 2 aromatic heterocycles. The number of morpholine rings is 1. The molecule has 1 aliphatic heterocycles. The van der Waals surface area contributed by atoms with Crippen LogP contribution in [-0.4, -0.2) is 62.3 Å². The Morgan fingerprint density at radius 2 is 1.97 bits per heavy atom. The lowest BCUT2D eigenvalue weighted by Crippen LogP contribution is -2.42. The molecule has 7 nitrogen and oxygen atoms in total. The Balaban J connectivity index is 1.75. The van der Waals surface area contributed by atoms with Crippen molar-refractivity contribution in [2.75, 3.05) is 33.8 Å². The van der Waals surface area contributed by atoms with Gasteiger partial charge in [-0.15, -0.1) is 11.3 Å². The van der Waals surface area contributed by atoms with Crippen molar-refractivity contribution < 1.29 is 17.9 Å². The first-order valence-electron chi connectivity index (χ1n) is 9.15. The van der Waals surface area contributed by atoms with E-state index in [1.54, 1.807) is 50.6 Å². The Bertz CT molecular complexity index is 1140. The summed E-state index contributed by atoms with van der Waals surface area (Å²) in [5.74, 6) is -0.144. The third kappa shape index (κ3) is 3.66. The van der Waals surface area contributed by atoms with E-state index >= 15 is 0 Å². The molecule has 1 amide bonds. The molecule has 9 heteroatoms. The molecular formula is C20H21N3O4S2. The molecule has 1 fully saturated rings. The van der Waals surface area contributed by atoms with E-state index in [0.29, 0.717) is 10.4 Å². The van der Waals surface area contributed by atoms with Crippen molar-refractivity contribution in [3.63, 3.8) is 0 Å². The second kappa shape index (κ2) is 7.83. The highest BCUT2D eigenvalue weighted by molar-refractivity contribution is 7.89. The van der Waals surface area contributed by atoms with Gasteiger partial charge in [0, 0.05) is 44.3 Å².